The molecule has 0 radical (unpaired) electrons. The van der Waals surface area contributed by atoms with Crippen molar-refractivity contribution in [1.82, 2.24) is 15.4 Å². The van der Waals surface area contributed by atoms with Gasteiger partial charge in [-0.1, -0.05) is 29.8 Å². The highest BCUT2D eigenvalue weighted by molar-refractivity contribution is 6.30. The number of nitrogens with zero attached hydrogens (tertiary/aromatic N) is 2. The van der Waals surface area contributed by atoms with E-state index in [1.807, 2.05) is 0 Å². The van der Waals surface area contributed by atoms with Gasteiger partial charge >= 0.3 is 6.01 Å². The third kappa shape index (κ3) is 4.80. The van der Waals surface area contributed by atoms with Crippen molar-refractivity contribution in [2.75, 3.05) is 19.6 Å². The van der Waals surface area contributed by atoms with Gasteiger partial charge in [-0.3, -0.25) is 15.6 Å². The minimum Gasteiger partial charge on any atom is -0.481 e. The van der Waals surface area contributed by atoms with Crippen LogP contribution in [0.25, 0.3) is 0 Å². The third-order valence-electron chi connectivity index (χ3n) is 3.55. The van der Waals surface area contributed by atoms with Gasteiger partial charge in [-0.2, -0.15) is 9.97 Å². The summed E-state index contributed by atoms with van der Waals surface area (Å²) in [6.45, 7) is 0. The van der Waals surface area contributed by atoms with Crippen molar-refractivity contribution in [2.45, 2.75) is 0 Å². The SMILES string of the molecule is COc1cc(OC)nc(Oc2ccccc2C(=O)NNc2cccc(Cl)c2)n1. The molecule has 3 aromatic rings. The summed E-state index contributed by atoms with van der Waals surface area (Å²) in [5.74, 6) is 0.395. The molecule has 28 heavy (non-hydrogen) atoms. The Morgan fingerprint density at radius 2 is 1.68 bits per heavy atom. The summed E-state index contributed by atoms with van der Waals surface area (Å²) in [5.41, 5.74) is 6.32. The quantitative estimate of drug-likeness (QED) is 0.584. The molecule has 0 fully saturated rings. The van der Waals surface area contributed by atoms with E-state index in [4.69, 9.17) is 25.8 Å². The molecule has 0 bridgehead atoms. The molecule has 8 nitrogen and oxygen atoms in total. The molecule has 1 aromatic heterocycles. The van der Waals surface area contributed by atoms with E-state index in [9.17, 15) is 4.79 Å². The van der Waals surface area contributed by atoms with Crippen LogP contribution in [0.15, 0.2) is 54.6 Å². The summed E-state index contributed by atoms with van der Waals surface area (Å²) in [6, 6.07) is 15.1. The maximum absolute atomic E-state index is 12.6. The molecule has 0 spiro atoms. The van der Waals surface area contributed by atoms with Crippen LogP contribution in [0.2, 0.25) is 5.02 Å². The number of ether oxygens (including phenoxy) is 3. The molecule has 0 saturated heterocycles. The maximum atomic E-state index is 12.6. The highest BCUT2D eigenvalue weighted by Crippen LogP contribution is 2.26. The largest absolute Gasteiger partial charge is 0.481 e. The zero-order valence-electron chi connectivity index (χ0n) is 15.1. The number of benzene rings is 2. The predicted octanol–water partition coefficient (Wildman–Crippen LogP) is 3.70. The Labute approximate surface area is 166 Å². The minimum absolute atomic E-state index is 0.0146. The van der Waals surface area contributed by atoms with Crippen LogP contribution in [0.4, 0.5) is 5.69 Å². The molecule has 1 amide bonds. The van der Waals surface area contributed by atoms with Crippen molar-refractivity contribution in [1.29, 1.82) is 0 Å². The summed E-state index contributed by atoms with van der Waals surface area (Å²) >= 11 is 5.94. The van der Waals surface area contributed by atoms with Crippen LogP contribution in [-0.4, -0.2) is 30.1 Å². The average molecular weight is 401 g/mol. The molecule has 2 aromatic carbocycles. The Morgan fingerprint density at radius 3 is 2.36 bits per heavy atom. The number of carbonyl (C=O) groups is 1. The normalized spacial score (nSPS) is 10.1. The molecule has 144 valence electrons. The number of aromatic nitrogens is 2. The summed E-state index contributed by atoms with van der Waals surface area (Å²) in [6.07, 6.45) is 0. The molecule has 1 heterocycles. The fraction of sp³-hybridized carbons (Fsp3) is 0.105. The Bertz CT molecular complexity index is 961. The first-order valence-electron chi connectivity index (χ1n) is 8.15. The van der Waals surface area contributed by atoms with Gasteiger partial charge in [0.15, 0.2) is 0 Å². The van der Waals surface area contributed by atoms with E-state index in [1.165, 1.54) is 20.3 Å². The molecule has 0 unspecified atom stereocenters. The summed E-state index contributed by atoms with van der Waals surface area (Å²) in [5, 5.41) is 0.548. The Morgan fingerprint density at radius 1 is 0.964 bits per heavy atom. The van der Waals surface area contributed by atoms with Crippen molar-refractivity contribution in [2.24, 2.45) is 0 Å². The van der Waals surface area contributed by atoms with Gasteiger partial charge in [-0.15, -0.1) is 0 Å². The van der Waals surface area contributed by atoms with E-state index in [1.54, 1.807) is 48.5 Å². The van der Waals surface area contributed by atoms with Gasteiger partial charge in [0, 0.05) is 5.02 Å². The molecule has 0 atom stereocenters. The lowest BCUT2D eigenvalue weighted by atomic mass is 10.2. The molecule has 0 aliphatic carbocycles. The van der Waals surface area contributed by atoms with Crippen molar-refractivity contribution < 1.29 is 19.0 Å². The van der Waals surface area contributed by atoms with Gasteiger partial charge in [0.25, 0.3) is 5.91 Å². The van der Waals surface area contributed by atoms with Crippen LogP contribution in [0.5, 0.6) is 23.5 Å². The smallest absolute Gasteiger partial charge is 0.328 e. The van der Waals surface area contributed by atoms with E-state index in [0.29, 0.717) is 10.7 Å². The van der Waals surface area contributed by atoms with Gasteiger partial charge in [0.2, 0.25) is 11.8 Å². The topological polar surface area (TPSA) is 94.6 Å². The first-order valence-corrected chi connectivity index (χ1v) is 8.52. The average Bonchev–Trinajstić information content (AvgIpc) is 2.72. The van der Waals surface area contributed by atoms with Gasteiger partial charge in [0.05, 0.1) is 31.5 Å². The van der Waals surface area contributed by atoms with Crippen molar-refractivity contribution in [3.63, 3.8) is 0 Å². The maximum Gasteiger partial charge on any atom is 0.328 e. The van der Waals surface area contributed by atoms with Gasteiger partial charge in [0.1, 0.15) is 5.75 Å². The number of hydrogen-bond donors (Lipinski definition) is 2. The van der Waals surface area contributed by atoms with Crippen molar-refractivity contribution in [3.8, 4) is 23.5 Å². The molecule has 3 rings (SSSR count). The lowest BCUT2D eigenvalue weighted by molar-refractivity contribution is 0.0960. The first kappa shape index (κ1) is 19.2. The first-order chi connectivity index (χ1) is 13.6. The zero-order chi connectivity index (χ0) is 19.9. The molecular weight excluding hydrogens is 384 g/mol. The second kappa shape index (κ2) is 8.92. The van der Waals surface area contributed by atoms with Crippen LogP contribution in [0, 0.1) is 0 Å². The molecule has 0 aliphatic rings. The lowest BCUT2D eigenvalue weighted by Crippen LogP contribution is -2.29. The van der Waals surface area contributed by atoms with Gasteiger partial charge in [-0.05, 0) is 30.3 Å². The van der Waals surface area contributed by atoms with Gasteiger partial charge < -0.3 is 14.2 Å². The summed E-state index contributed by atoms with van der Waals surface area (Å²) < 4.78 is 15.9. The highest BCUT2D eigenvalue weighted by Gasteiger charge is 2.15. The predicted molar refractivity (Wildman–Crippen MR) is 104 cm³/mol. The fourth-order valence-corrected chi connectivity index (χ4v) is 2.43. The van der Waals surface area contributed by atoms with Gasteiger partial charge in [-0.25, -0.2) is 0 Å². The van der Waals surface area contributed by atoms with E-state index in [-0.39, 0.29) is 29.1 Å². The number of amides is 1. The van der Waals surface area contributed by atoms with Crippen molar-refractivity contribution in [3.05, 3.63) is 65.2 Å². The van der Waals surface area contributed by atoms with E-state index < -0.39 is 5.91 Å². The lowest BCUT2D eigenvalue weighted by Gasteiger charge is -2.12. The second-order valence-corrected chi connectivity index (χ2v) is 5.86. The van der Waals surface area contributed by atoms with E-state index >= 15 is 0 Å². The number of hydrogen-bond acceptors (Lipinski definition) is 7. The van der Waals surface area contributed by atoms with Crippen LogP contribution >= 0.6 is 11.6 Å². The van der Waals surface area contributed by atoms with Crippen LogP contribution in [-0.2, 0) is 0 Å². The van der Waals surface area contributed by atoms with Crippen LogP contribution in [0.3, 0.4) is 0 Å². The summed E-state index contributed by atoms with van der Waals surface area (Å²) in [7, 11) is 2.93. The fourth-order valence-electron chi connectivity index (χ4n) is 2.24. The number of para-hydroxylation sites is 1. The molecule has 2 N–H and O–H groups in total. The number of nitrogens with one attached hydrogen (secondary N) is 2. The molecule has 0 aliphatic heterocycles. The minimum atomic E-state index is -0.412. The van der Waals surface area contributed by atoms with E-state index in [2.05, 4.69) is 20.8 Å². The second-order valence-electron chi connectivity index (χ2n) is 5.42. The Balaban J connectivity index is 1.78. The highest BCUT2D eigenvalue weighted by atomic mass is 35.5. The third-order valence-corrected chi connectivity index (χ3v) is 3.79. The van der Waals surface area contributed by atoms with Crippen LogP contribution in [0.1, 0.15) is 10.4 Å². The number of rotatable bonds is 7. The number of anilines is 1. The zero-order valence-corrected chi connectivity index (χ0v) is 15.9. The van der Waals surface area contributed by atoms with E-state index in [0.717, 1.165) is 0 Å². The standard InChI is InChI=1S/C19H17ClN4O4/c1-26-16-11-17(27-2)22-19(21-16)28-15-9-4-3-8-14(15)18(25)24-23-13-7-5-6-12(20)10-13/h3-11,23H,1-2H3,(H,24,25). The number of carbonyl (C=O) groups excluding carboxylic acids is 1. The Hall–Kier alpha value is -3.52. The number of halogens is 1. The van der Waals surface area contributed by atoms with Crippen LogP contribution < -0.4 is 25.1 Å². The van der Waals surface area contributed by atoms with Crippen molar-refractivity contribution >= 4 is 23.2 Å². The summed E-state index contributed by atoms with van der Waals surface area (Å²) in [4.78, 5) is 20.8. The molecule has 9 heteroatoms. The Kier molecular flexibility index (Phi) is 6.13. The monoisotopic (exact) mass is 400 g/mol. The molecular formula is C19H17ClN4O4. The molecule has 0 saturated carbocycles. The number of hydrazine groups is 1. The number of methoxy groups -OCH3 is 2.